The number of aromatic nitrogens is 1. The molecule has 0 unspecified atom stereocenters. The lowest BCUT2D eigenvalue weighted by molar-refractivity contribution is -0.132. The Kier molecular flexibility index (Phi) is 7.21. The second-order valence-electron chi connectivity index (χ2n) is 10.4. The number of fused-ring (bicyclic) bond motifs is 2. The molecule has 41 heavy (non-hydrogen) atoms. The average Bonchev–Trinajstić information content (AvgIpc) is 3.62. The standard InChI is InChI=1S/C32H29FN2O5S/c1-3-4-5-13-39-23-8-6-7-19(16-23)28-27(29(36)20-9-12-25-21(15-20)14-18(2)40-25)30(37)31(38)35(28)32-34-24-11-10-22(33)17-26(24)41-32/h6-12,15-18,28,36H,3-5,13-14H2,1-2H3/b29-27+/t18-,28+/m1/s1. The number of aliphatic hydroxyl groups is 1. The molecule has 3 heterocycles. The summed E-state index contributed by atoms with van der Waals surface area (Å²) < 4.78 is 26.3. The number of benzene rings is 3. The van der Waals surface area contributed by atoms with Gasteiger partial charge in [0.15, 0.2) is 5.13 Å². The SMILES string of the molecule is CCCCCOc1cccc([C@H]2/C(=C(\O)c3ccc4c(c3)C[C@@H](C)O4)C(=O)C(=O)N2c2nc3ccc(F)cc3s2)c1. The van der Waals surface area contributed by atoms with Gasteiger partial charge < -0.3 is 14.6 Å². The number of carbonyl (C=O) groups excluding carboxylic acids is 2. The molecule has 3 aromatic carbocycles. The summed E-state index contributed by atoms with van der Waals surface area (Å²) in [5, 5.41) is 11.8. The van der Waals surface area contributed by atoms with Crippen LogP contribution in [-0.2, 0) is 16.0 Å². The summed E-state index contributed by atoms with van der Waals surface area (Å²) in [6.07, 6.45) is 3.70. The molecule has 1 amide bonds. The normalized spacial score (nSPS) is 19.5. The van der Waals surface area contributed by atoms with Crippen molar-refractivity contribution in [1.82, 2.24) is 4.98 Å². The third kappa shape index (κ3) is 5.06. The highest BCUT2D eigenvalue weighted by Gasteiger charge is 2.48. The van der Waals surface area contributed by atoms with Gasteiger partial charge in [-0.05, 0) is 73.0 Å². The van der Waals surface area contributed by atoms with E-state index in [1.165, 1.54) is 23.1 Å². The Morgan fingerprint density at radius 2 is 2.00 bits per heavy atom. The van der Waals surface area contributed by atoms with Crippen LogP contribution in [0.15, 0.2) is 66.2 Å². The summed E-state index contributed by atoms with van der Waals surface area (Å²) in [4.78, 5) is 33.1. The first-order valence-electron chi connectivity index (χ1n) is 13.7. The number of unbranched alkanes of at least 4 members (excludes halogenated alkanes) is 2. The third-order valence-corrected chi connectivity index (χ3v) is 8.37. The topological polar surface area (TPSA) is 89.0 Å². The van der Waals surface area contributed by atoms with Gasteiger partial charge in [0.1, 0.15) is 29.2 Å². The molecule has 1 aromatic heterocycles. The molecular formula is C32H29FN2O5S. The minimum atomic E-state index is -0.969. The Morgan fingerprint density at radius 3 is 2.83 bits per heavy atom. The van der Waals surface area contributed by atoms with E-state index in [-0.39, 0.29) is 22.6 Å². The Labute approximate surface area is 240 Å². The summed E-state index contributed by atoms with van der Waals surface area (Å²) in [6, 6.07) is 15.7. The van der Waals surface area contributed by atoms with Gasteiger partial charge in [0, 0.05) is 12.0 Å². The number of rotatable bonds is 8. The quantitative estimate of drug-likeness (QED) is 0.106. The van der Waals surface area contributed by atoms with E-state index in [4.69, 9.17) is 9.47 Å². The van der Waals surface area contributed by atoms with Crippen LogP contribution in [0, 0.1) is 5.82 Å². The van der Waals surface area contributed by atoms with Crippen molar-refractivity contribution in [2.75, 3.05) is 11.5 Å². The Morgan fingerprint density at radius 1 is 1.15 bits per heavy atom. The zero-order chi connectivity index (χ0) is 28.7. The van der Waals surface area contributed by atoms with Crippen molar-refractivity contribution in [1.29, 1.82) is 0 Å². The Bertz CT molecular complexity index is 1700. The Balaban J connectivity index is 1.47. The molecule has 2 aliphatic rings. The third-order valence-electron chi connectivity index (χ3n) is 7.35. The van der Waals surface area contributed by atoms with Gasteiger partial charge in [-0.3, -0.25) is 14.5 Å². The molecule has 0 aliphatic carbocycles. The minimum Gasteiger partial charge on any atom is -0.507 e. The van der Waals surface area contributed by atoms with Gasteiger partial charge in [-0.15, -0.1) is 0 Å². The number of ether oxygens (including phenoxy) is 2. The van der Waals surface area contributed by atoms with E-state index in [1.807, 2.05) is 13.0 Å². The minimum absolute atomic E-state index is 0.0110. The highest BCUT2D eigenvalue weighted by atomic mass is 32.1. The molecule has 1 saturated heterocycles. The fourth-order valence-corrected chi connectivity index (χ4v) is 6.39. The van der Waals surface area contributed by atoms with Crippen molar-refractivity contribution in [2.24, 2.45) is 0 Å². The summed E-state index contributed by atoms with van der Waals surface area (Å²) in [5.41, 5.74) is 2.39. The fourth-order valence-electron chi connectivity index (χ4n) is 5.38. The van der Waals surface area contributed by atoms with E-state index in [0.717, 1.165) is 41.9 Å². The maximum absolute atomic E-state index is 14.0. The van der Waals surface area contributed by atoms with Gasteiger partial charge in [-0.25, -0.2) is 9.37 Å². The van der Waals surface area contributed by atoms with E-state index in [9.17, 15) is 19.1 Å². The molecule has 2 aliphatic heterocycles. The van der Waals surface area contributed by atoms with Crippen molar-refractivity contribution in [3.8, 4) is 11.5 Å². The van der Waals surface area contributed by atoms with Gasteiger partial charge in [0.2, 0.25) is 0 Å². The van der Waals surface area contributed by atoms with Crippen LogP contribution < -0.4 is 14.4 Å². The monoisotopic (exact) mass is 572 g/mol. The molecule has 0 spiro atoms. The van der Waals surface area contributed by atoms with Crippen LogP contribution in [0.3, 0.4) is 0 Å². The molecule has 0 saturated carbocycles. The number of carbonyl (C=O) groups is 2. The van der Waals surface area contributed by atoms with Gasteiger partial charge in [-0.2, -0.15) is 0 Å². The number of hydrogen-bond donors (Lipinski definition) is 1. The number of aliphatic hydroxyl groups excluding tert-OH is 1. The number of thiazole rings is 1. The molecule has 9 heteroatoms. The van der Waals surface area contributed by atoms with Gasteiger partial charge in [0.05, 0.1) is 28.4 Å². The molecule has 7 nitrogen and oxygen atoms in total. The molecule has 6 rings (SSSR count). The summed E-state index contributed by atoms with van der Waals surface area (Å²) >= 11 is 1.11. The van der Waals surface area contributed by atoms with Crippen LogP contribution in [0.4, 0.5) is 9.52 Å². The zero-order valence-corrected chi connectivity index (χ0v) is 23.5. The van der Waals surface area contributed by atoms with Crippen molar-refractivity contribution < 1.29 is 28.6 Å². The van der Waals surface area contributed by atoms with Crippen molar-refractivity contribution in [3.63, 3.8) is 0 Å². The van der Waals surface area contributed by atoms with Crippen LogP contribution in [0.2, 0.25) is 0 Å². The van der Waals surface area contributed by atoms with Crippen LogP contribution >= 0.6 is 11.3 Å². The van der Waals surface area contributed by atoms with Gasteiger partial charge in [-0.1, -0.05) is 43.2 Å². The lowest BCUT2D eigenvalue weighted by Gasteiger charge is -2.23. The number of Topliss-reactive ketones (excluding diaryl/α,β-unsaturated/α-hetero) is 1. The summed E-state index contributed by atoms with van der Waals surface area (Å²) in [7, 11) is 0. The molecule has 0 bridgehead atoms. The number of hydrogen-bond acceptors (Lipinski definition) is 7. The van der Waals surface area contributed by atoms with E-state index >= 15 is 0 Å². The first kappa shape index (κ1) is 27.0. The van der Waals surface area contributed by atoms with Gasteiger partial charge in [0.25, 0.3) is 5.78 Å². The fraction of sp³-hybridized carbons (Fsp3) is 0.281. The molecule has 0 radical (unpaired) electrons. The largest absolute Gasteiger partial charge is 0.507 e. The highest BCUT2D eigenvalue weighted by Crippen LogP contribution is 2.45. The van der Waals surface area contributed by atoms with Crippen molar-refractivity contribution in [2.45, 2.75) is 51.7 Å². The van der Waals surface area contributed by atoms with Crippen molar-refractivity contribution in [3.05, 3.63) is 88.7 Å². The van der Waals surface area contributed by atoms with Crippen LogP contribution in [0.5, 0.6) is 11.5 Å². The molecule has 1 N–H and O–H groups in total. The molecular weight excluding hydrogens is 543 g/mol. The lowest BCUT2D eigenvalue weighted by atomic mass is 9.94. The molecule has 210 valence electrons. The number of halogens is 1. The average molecular weight is 573 g/mol. The van der Waals surface area contributed by atoms with E-state index < -0.39 is 23.5 Å². The predicted octanol–water partition coefficient (Wildman–Crippen LogP) is 6.95. The number of anilines is 1. The molecule has 4 aromatic rings. The smallest absolute Gasteiger partial charge is 0.301 e. The second kappa shape index (κ2) is 11.0. The Hall–Kier alpha value is -4.24. The number of nitrogens with zero attached hydrogens (tertiary/aromatic N) is 2. The van der Waals surface area contributed by atoms with Gasteiger partial charge >= 0.3 is 5.91 Å². The first-order valence-corrected chi connectivity index (χ1v) is 14.6. The lowest BCUT2D eigenvalue weighted by Crippen LogP contribution is -2.29. The maximum atomic E-state index is 14.0. The van der Waals surface area contributed by atoms with E-state index in [2.05, 4.69) is 11.9 Å². The van der Waals surface area contributed by atoms with Crippen molar-refractivity contribution >= 4 is 44.1 Å². The zero-order valence-electron chi connectivity index (χ0n) is 22.7. The van der Waals surface area contributed by atoms with E-state index in [1.54, 1.807) is 36.4 Å². The second-order valence-corrected chi connectivity index (χ2v) is 11.4. The highest BCUT2D eigenvalue weighted by molar-refractivity contribution is 7.22. The number of ketones is 1. The van der Waals surface area contributed by atoms with Crippen LogP contribution in [-0.4, -0.2) is 34.5 Å². The first-order chi connectivity index (χ1) is 19.8. The molecule has 1 fully saturated rings. The van der Waals surface area contributed by atoms with Crippen LogP contribution in [0.25, 0.3) is 16.0 Å². The van der Waals surface area contributed by atoms with E-state index in [0.29, 0.717) is 40.1 Å². The number of amides is 1. The molecule has 2 atom stereocenters. The predicted molar refractivity (Wildman–Crippen MR) is 156 cm³/mol. The maximum Gasteiger partial charge on any atom is 0.301 e. The summed E-state index contributed by atoms with van der Waals surface area (Å²) in [5.74, 6) is -1.01. The van der Waals surface area contributed by atoms with Crippen LogP contribution in [0.1, 0.15) is 55.8 Å². The summed E-state index contributed by atoms with van der Waals surface area (Å²) in [6.45, 7) is 4.62.